The van der Waals surface area contributed by atoms with Gasteiger partial charge in [-0.1, -0.05) is 41.3 Å². The molecule has 1 aromatic heterocycles. The highest BCUT2D eigenvalue weighted by atomic mass is 32.2. The smallest absolute Gasteiger partial charge is 0.305 e. The molecule has 0 spiro atoms. The van der Waals surface area contributed by atoms with Gasteiger partial charge in [-0.2, -0.15) is 0 Å². The van der Waals surface area contributed by atoms with E-state index in [1.165, 1.54) is 16.7 Å². The Hall–Kier alpha value is -4.55. The van der Waals surface area contributed by atoms with Crippen molar-refractivity contribution in [3.63, 3.8) is 0 Å². The fourth-order valence-corrected chi connectivity index (χ4v) is 7.73. The topological polar surface area (TPSA) is 127 Å². The van der Waals surface area contributed by atoms with Crippen LogP contribution in [-0.2, 0) is 14.4 Å². The molecule has 42 heavy (non-hydrogen) atoms. The Bertz CT molecular complexity index is 1720. The van der Waals surface area contributed by atoms with Crippen LogP contribution >= 0.6 is 23.1 Å². The average molecular weight is 604 g/mol. The Kier molecular flexibility index (Phi) is 7.48. The van der Waals surface area contributed by atoms with Crippen molar-refractivity contribution in [2.24, 2.45) is 5.92 Å². The predicted octanol–water partition coefficient (Wildman–Crippen LogP) is 4.27. The number of para-hydroxylation sites is 1. The number of methoxy groups -OCH3 is 2. The number of nitrogens with one attached hydrogen (secondary N) is 2. The molecule has 6 rings (SSSR count). The van der Waals surface area contributed by atoms with Gasteiger partial charge in [-0.3, -0.25) is 19.2 Å². The van der Waals surface area contributed by atoms with E-state index in [2.05, 4.69) is 10.3 Å². The van der Waals surface area contributed by atoms with Crippen molar-refractivity contribution in [2.45, 2.75) is 16.2 Å². The molecule has 2 N–H and O–H groups in total. The third-order valence-corrected chi connectivity index (χ3v) is 9.54. The first-order valence-corrected chi connectivity index (χ1v) is 14.6. The van der Waals surface area contributed by atoms with Crippen molar-refractivity contribution >= 4 is 52.2 Å². The van der Waals surface area contributed by atoms with E-state index in [1.807, 2.05) is 0 Å². The molecular weight excluding hydrogens is 578 g/mol. The second kappa shape index (κ2) is 11.4. The van der Waals surface area contributed by atoms with Gasteiger partial charge in [0, 0.05) is 22.0 Å². The maximum Gasteiger partial charge on any atom is 0.305 e. The zero-order valence-corrected chi connectivity index (χ0v) is 24.1. The maximum absolute atomic E-state index is 14.0. The number of imide groups is 1. The van der Waals surface area contributed by atoms with Gasteiger partial charge in [0.05, 0.1) is 30.9 Å². The van der Waals surface area contributed by atoms with Crippen LogP contribution in [0.2, 0.25) is 0 Å². The minimum Gasteiger partial charge on any atom is -0.497 e. The molecule has 0 saturated carbocycles. The van der Waals surface area contributed by atoms with Crippen LogP contribution in [0.4, 0.5) is 11.4 Å². The Morgan fingerprint density at radius 1 is 0.905 bits per heavy atom. The molecule has 214 valence electrons. The summed E-state index contributed by atoms with van der Waals surface area (Å²) >= 11 is 2.21. The Labute approximate surface area is 248 Å². The number of H-pyrrole nitrogens is 1. The number of anilines is 2. The SMILES string of the molecule is COc1ccc(NC(=O)COc2ccccc2C2c3sc(=O)[nH]c3SC3C(=O)N(c4ccc(OC)cc4)C(=O)C32)cc1. The quantitative estimate of drug-likeness (QED) is 0.286. The van der Waals surface area contributed by atoms with Gasteiger partial charge in [-0.05, 0) is 54.6 Å². The lowest BCUT2D eigenvalue weighted by Gasteiger charge is -2.30. The van der Waals surface area contributed by atoms with Crippen LogP contribution < -0.4 is 29.3 Å². The van der Waals surface area contributed by atoms with Gasteiger partial charge < -0.3 is 24.5 Å². The summed E-state index contributed by atoms with van der Waals surface area (Å²) in [4.78, 5) is 57.3. The number of nitrogens with zero attached hydrogens (tertiary/aromatic N) is 1. The van der Waals surface area contributed by atoms with E-state index in [0.717, 1.165) is 11.3 Å². The molecule has 2 aliphatic heterocycles. The van der Waals surface area contributed by atoms with Gasteiger partial charge in [-0.25, -0.2) is 4.90 Å². The third kappa shape index (κ3) is 5.03. The number of aromatic nitrogens is 1. The van der Waals surface area contributed by atoms with E-state index < -0.39 is 17.1 Å². The highest BCUT2D eigenvalue weighted by Gasteiger charge is 2.56. The van der Waals surface area contributed by atoms with Crippen molar-refractivity contribution in [1.82, 2.24) is 4.98 Å². The van der Waals surface area contributed by atoms with Crippen LogP contribution in [0.5, 0.6) is 17.2 Å². The molecule has 10 nitrogen and oxygen atoms in total. The van der Waals surface area contributed by atoms with Gasteiger partial charge >= 0.3 is 4.87 Å². The van der Waals surface area contributed by atoms with Crippen LogP contribution in [0.25, 0.3) is 0 Å². The van der Waals surface area contributed by atoms with Gasteiger partial charge in [0.25, 0.3) is 5.91 Å². The lowest BCUT2D eigenvalue weighted by atomic mass is 9.82. The number of fused-ring (bicyclic) bond motifs is 2. The van der Waals surface area contributed by atoms with Crippen molar-refractivity contribution in [1.29, 1.82) is 0 Å². The molecule has 0 bridgehead atoms. The summed E-state index contributed by atoms with van der Waals surface area (Å²) in [5.41, 5.74) is 1.63. The lowest BCUT2D eigenvalue weighted by molar-refractivity contribution is -0.122. The van der Waals surface area contributed by atoms with Crippen LogP contribution in [-0.4, -0.2) is 48.8 Å². The van der Waals surface area contributed by atoms with Gasteiger partial charge in [0.2, 0.25) is 11.8 Å². The first-order valence-electron chi connectivity index (χ1n) is 12.9. The van der Waals surface area contributed by atoms with Gasteiger partial charge in [-0.15, -0.1) is 0 Å². The van der Waals surface area contributed by atoms with Gasteiger partial charge in [0.15, 0.2) is 6.61 Å². The van der Waals surface area contributed by atoms with Crippen LogP contribution in [0.15, 0.2) is 82.6 Å². The Balaban J connectivity index is 1.31. The molecule has 12 heteroatoms. The molecule has 0 aliphatic carbocycles. The standard InChI is InChI=1S/C30H25N3O7S2/c1-38-18-11-7-16(8-12-18)31-22(34)15-40-21-6-4-3-5-20(21)23-24-26(41-27-25(23)42-30(37)32-27)29(36)33(28(24)35)17-9-13-19(39-2)14-10-17/h3-14,23-24,26H,15H2,1-2H3,(H,31,34)(H,32,37). The number of hydrogen-bond donors (Lipinski definition) is 2. The minimum atomic E-state index is -0.790. The zero-order chi connectivity index (χ0) is 29.4. The number of benzene rings is 3. The number of amides is 3. The average Bonchev–Trinajstić information content (AvgIpc) is 3.50. The van der Waals surface area contributed by atoms with Crippen molar-refractivity contribution in [3.05, 3.63) is 92.9 Å². The molecule has 3 unspecified atom stereocenters. The Morgan fingerprint density at radius 2 is 1.57 bits per heavy atom. The predicted molar refractivity (Wildman–Crippen MR) is 159 cm³/mol. The van der Waals surface area contributed by atoms with E-state index in [1.54, 1.807) is 87.0 Å². The first kappa shape index (κ1) is 27.6. The molecule has 2 aliphatic rings. The fraction of sp³-hybridized carbons (Fsp3) is 0.200. The maximum atomic E-state index is 14.0. The van der Waals surface area contributed by atoms with E-state index in [-0.39, 0.29) is 29.2 Å². The molecule has 1 saturated heterocycles. The molecule has 4 aromatic rings. The number of aromatic amines is 1. The van der Waals surface area contributed by atoms with E-state index in [4.69, 9.17) is 14.2 Å². The molecule has 1 fully saturated rings. The van der Waals surface area contributed by atoms with Crippen molar-refractivity contribution in [3.8, 4) is 17.2 Å². The number of hydrogen-bond acceptors (Lipinski definition) is 9. The van der Waals surface area contributed by atoms with Crippen LogP contribution in [0, 0.1) is 5.92 Å². The number of carbonyl (C=O) groups is 3. The number of thiazole rings is 1. The largest absolute Gasteiger partial charge is 0.497 e. The number of rotatable bonds is 8. The summed E-state index contributed by atoms with van der Waals surface area (Å²) in [5.74, 6) is -0.892. The summed E-state index contributed by atoms with van der Waals surface area (Å²) in [5, 5.41) is 2.58. The fourth-order valence-electron chi connectivity index (χ4n) is 5.22. The second-order valence-electron chi connectivity index (χ2n) is 9.56. The Morgan fingerprint density at radius 3 is 2.26 bits per heavy atom. The number of thioether (sulfide) groups is 1. The second-order valence-corrected chi connectivity index (χ2v) is 11.7. The van der Waals surface area contributed by atoms with Gasteiger partial charge in [0.1, 0.15) is 22.5 Å². The molecule has 3 heterocycles. The van der Waals surface area contributed by atoms with E-state index in [9.17, 15) is 19.2 Å². The lowest BCUT2D eigenvalue weighted by Crippen LogP contribution is -2.32. The van der Waals surface area contributed by atoms with Crippen molar-refractivity contribution < 1.29 is 28.6 Å². The minimum absolute atomic E-state index is 0.276. The molecular formula is C30H25N3O7S2. The molecule has 3 atom stereocenters. The number of carbonyl (C=O) groups excluding carboxylic acids is 3. The normalized spacial score (nSPS) is 19.2. The van der Waals surface area contributed by atoms with Crippen LogP contribution in [0.3, 0.4) is 0 Å². The molecule has 0 radical (unpaired) electrons. The van der Waals surface area contributed by atoms with Crippen molar-refractivity contribution in [2.75, 3.05) is 31.0 Å². The summed E-state index contributed by atoms with van der Waals surface area (Å²) < 4.78 is 16.4. The van der Waals surface area contributed by atoms with E-state index >= 15 is 0 Å². The molecule has 3 amide bonds. The summed E-state index contributed by atoms with van der Waals surface area (Å²) in [6.07, 6.45) is 0. The summed E-state index contributed by atoms with van der Waals surface area (Å²) in [6.45, 7) is -0.292. The monoisotopic (exact) mass is 603 g/mol. The zero-order valence-electron chi connectivity index (χ0n) is 22.5. The first-order chi connectivity index (χ1) is 20.4. The third-order valence-electron chi connectivity index (χ3n) is 7.14. The highest BCUT2D eigenvalue weighted by Crippen LogP contribution is 2.54. The summed E-state index contributed by atoms with van der Waals surface area (Å²) in [6, 6.07) is 20.7. The highest BCUT2D eigenvalue weighted by molar-refractivity contribution is 8.00. The van der Waals surface area contributed by atoms with Crippen LogP contribution in [0.1, 0.15) is 16.4 Å². The van der Waals surface area contributed by atoms with E-state index in [0.29, 0.717) is 44.1 Å². The number of ether oxygens (including phenoxy) is 3. The summed E-state index contributed by atoms with van der Waals surface area (Å²) in [7, 11) is 3.10. The molecule has 3 aromatic carbocycles.